The molecule has 0 aliphatic rings. The maximum Gasteiger partial charge on any atom is 0.408 e. The van der Waals surface area contributed by atoms with Crippen molar-refractivity contribution in [1.82, 2.24) is 5.32 Å². The number of rotatable bonds is 2. The third kappa shape index (κ3) is 4.69. The molecule has 0 aromatic rings. The lowest BCUT2D eigenvalue weighted by atomic mass is 10.1. The maximum atomic E-state index is 11.3. The zero-order chi connectivity index (χ0) is 11.6. The second kappa shape index (κ2) is 3.86. The molecule has 0 saturated heterocycles. The normalized spacial score (nSPS) is 12.1. The third-order valence-electron chi connectivity index (χ3n) is 1.49. The van der Waals surface area contributed by atoms with Crippen molar-refractivity contribution in [2.45, 2.75) is 45.8 Å². The van der Waals surface area contributed by atoms with Crippen molar-refractivity contribution < 1.29 is 9.53 Å². The van der Waals surface area contributed by atoms with E-state index in [1.807, 2.05) is 0 Å². The lowest BCUT2D eigenvalue weighted by Gasteiger charge is -2.27. The molecule has 0 fully saturated rings. The molecule has 0 aromatic heterocycles. The molecule has 5 heteroatoms. The van der Waals surface area contributed by atoms with E-state index in [-0.39, 0.29) is 5.84 Å². The molecule has 0 aliphatic carbocycles. The van der Waals surface area contributed by atoms with Crippen molar-refractivity contribution in [3.05, 3.63) is 0 Å². The van der Waals surface area contributed by atoms with E-state index < -0.39 is 17.2 Å². The number of ether oxygens (including phenoxy) is 1. The van der Waals surface area contributed by atoms with Gasteiger partial charge in [-0.2, -0.15) is 0 Å². The van der Waals surface area contributed by atoms with Gasteiger partial charge in [-0.15, -0.1) is 0 Å². The third-order valence-corrected chi connectivity index (χ3v) is 1.49. The van der Waals surface area contributed by atoms with Crippen LogP contribution in [0.4, 0.5) is 4.79 Å². The van der Waals surface area contributed by atoms with Crippen LogP contribution in [0.15, 0.2) is 0 Å². The molecule has 5 nitrogen and oxygen atoms in total. The summed E-state index contributed by atoms with van der Waals surface area (Å²) in [5.41, 5.74) is 3.88. The predicted molar refractivity (Wildman–Crippen MR) is 55.4 cm³/mol. The molecule has 0 aromatic carbocycles. The van der Waals surface area contributed by atoms with Gasteiger partial charge in [0, 0.05) is 0 Å². The average Bonchev–Trinajstić information content (AvgIpc) is 1.79. The van der Waals surface area contributed by atoms with Crippen LogP contribution in [0.1, 0.15) is 34.6 Å². The molecule has 0 unspecified atom stereocenters. The molecule has 0 bridgehead atoms. The highest BCUT2D eigenvalue weighted by Gasteiger charge is 2.26. The number of amides is 1. The van der Waals surface area contributed by atoms with Crippen molar-refractivity contribution in [1.29, 1.82) is 5.41 Å². The van der Waals surface area contributed by atoms with Crippen LogP contribution in [-0.4, -0.2) is 23.1 Å². The standard InChI is InChI=1S/C9H19N3O2/c1-8(2,3)14-7(13)12-9(4,5)6(10)11/h1-5H3,(H3,10,11)(H,12,13). The zero-order valence-corrected chi connectivity index (χ0v) is 9.39. The first-order chi connectivity index (χ1) is 6.04. The minimum atomic E-state index is -0.873. The summed E-state index contributed by atoms with van der Waals surface area (Å²) in [5, 5.41) is 9.73. The summed E-state index contributed by atoms with van der Waals surface area (Å²) in [4.78, 5) is 11.3. The van der Waals surface area contributed by atoms with Gasteiger partial charge in [-0.05, 0) is 34.6 Å². The van der Waals surface area contributed by atoms with E-state index in [0.29, 0.717) is 0 Å². The highest BCUT2D eigenvalue weighted by molar-refractivity contribution is 5.89. The number of nitrogens with one attached hydrogen (secondary N) is 2. The fourth-order valence-corrected chi connectivity index (χ4v) is 0.626. The number of nitrogens with two attached hydrogens (primary N) is 1. The van der Waals surface area contributed by atoms with E-state index >= 15 is 0 Å². The Morgan fingerprint density at radius 1 is 1.29 bits per heavy atom. The minimum Gasteiger partial charge on any atom is -0.444 e. The van der Waals surface area contributed by atoms with E-state index in [1.54, 1.807) is 34.6 Å². The number of hydrogen-bond donors (Lipinski definition) is 3. The smallest absolute Gasteiger partial charge is 0.408 e. The summed E-state index contributed by atoms with van der Waals surface area (Å²) in [6.07, 6.45) is -0.572. The second-order valence-corrected chi connectivity index (χ2v) is 4.67. The van der Waals surface area contributed by atoms with E-state index in [4.69, 9.17) is 15.9 Å². The Labute approximate surface area is 84.5 Å². The second-order valence-electron chi connectivity index (χ2n) is 4.67. The van der Waals surface area contributed by atoms with Gasteiger partial charge >= 0.3 is 6.09 Å². The molecule has 4 N–H and O–H groups in total. The Bertz CT molecular complexity index is 241. The molecule has 1 amide bonds. The van der Waals surface area contributed by atoms with E-state index in [9.17, 15) is 4.79 Å². The summed E-state index contributed by atoms with van der Waals surface area (Å²) in [6, 6.07) is 0. The Morgan fingerprint density at radius 2 is 1.71 bits per heavy atom. The van der Waals surface area contributed by atoms with Gasteiger partial charge in [0.05, 0.1) is 5.54 Å². The minimum absolute atomic E-state index is 0.108. The summed E-state index contributed by atoms with van der Waals surface area (Å²) in [6.45, 7) is 8.59. The van der Waals surface area contributed by atoms with E-state index in [0.717, 1.165) is 0 Å². The Morgan fingerprint density at radius 3 is 2.00 bits per heavy atom. The number of amidine groups is 1. The predicted octanol–water partition coefficient (Wildman–Crippen LogP) is 1.23. The topological polar surface area (TPSA) is 88.2 Å². The maximum absolute atomic E-state index is 11.3. The molecule has 0 aliphatic heterocycles. The molecular formula is C9H19N3O2. The van der Waals surface area contributed by atoms with Crippen LogP contribution in [0.5, 0.6) is 0 Å². The van der Waals surface area contributed by atoms with Crippen molar-refractivity contribution in [2.24, 2.45) is 5.73 Å². The van der Waals surface area contributed by atoms with Crippen molar-refractivity contribution >= 4 is 11.9 Å². The molecule has 14 heavy (non-hydrogen) atoms. The Kier molecular flexibility index (Phi) is 3.51. The molecule has 0 rings (SSSR count). The molecule has 82 valence electrons. The van der Waals surface area contributed by atoms with Gasteiger partial charge in [-0.25, -0.2) is 4.79 Å². The first-order valence-corrected chi connectivity index (χ1v) is 4.40. The van der Waals surface area contributed by atoms with Gasteiger partial charge in [0.1, 0.15) is 11.4 Å². The SMILES string of the molecule is CC(C)(C)OC(=O)NC(C)(C)C(=N)N. The van der Waals surface area contributed by atoms with Gasteiger partial charge in [-0.3, -0.25) is 5.41 Å². The monoisotopic (exact) mass is 201 g/mol. The van der Waals surface area contributed by atoms with Gasteiger partial charge in [0.15, 0.2) is 0 Å². The molecule has 0 radical (unpaired) electrons. The van der Waals surface area contributed by atoms with Gasteiger partial charge < -0.3 is 15.8 Å². The number of carbonyl (C=O) groups is 1. The lowest BCUT2D eigenvalue weighted by Crippen LogP contribution is -2.53. The van der Waals surface area contributed by atoms with E-state index in [1.165, 1.54) is 0 Å². The zero-order valence-electron chi connectivity index (χ0n) is 9.39. The van der Waals surface area contributed by atoms with Crippen LogP contribution >= 0.6 is 0 Å². The first kappa shape index (κ1) is 12.7. The largest absolute Gasteiger partial charge is 0.444 e. The van der Waals surface area contributed by atoms with Gasteiger partial charge in [0.2, 0.25) is 0 Å². The fourth-order valence-electron chi connectivity index (χ4n) is 0.626. The number of hydrogen-bond acceptors (Lipinski definition) is 3. The molecule has 0 heterocycles. The summed E-state index contributed by atoms with van der Waals surface area (Å²) < 4.78 is 5.02. The fraction of sp³-hybridized carbons (Fsp3) is 0.778. The van der Waals surface area contributed by atoms with Crippen LogP contribution in [0.3, 0.4) is 0 Å². The summed E-state index contributed by atoms with van der Waals surface area (Å²) >= 11 is 0. The van der Waals surface area contributed by atoms with Crippen LogP contribution in [0, 0.1) is 5.41 Å². The van der Waals surface area contributed by atoms with Crippen molar-refractivity contribution in [2.75, 3.05) is 0 Å². The summed E-state index contributed by atoms with van der Waals surface area (Å²) in [5.74, 6) is -0.108. The summed E-state index contributed by atoms with van der Waals surface area (Å²) in [7, 11) is 0. The van der Waals surface area contributed by atoms with Crippen molar-refractivity contribution in [3.63, 3.8) is 0 Å². The van der Waals surface area contributed by atoms with E-state index in [2.05, 4.69) is 5.32 Å². The Hall–Kier alpha value is -1.26. The van der Waals surface area contributed by atoms with Gasteiger partial charge in [-0.1, -0.05) is 0 Å². The molecule has 0 atom stereocenters. The van der Waals surface area contributed by atoms with Crippen LogP contribution in [0.2, 0.25) is 0 Å². The Balaban J connectivity index is 4.27. The highest BCUT2D eigenvalue weighted by atomic mass is 16.6. The van der Waals surface area contributed by atoms with Crippen LogP contribution in [0.25, 0.3) is 0 Å². The molecule has 0 spiro atoms. The molecular weight excluding hydrogens is 182 g/mol. The van der Waals surface area contributed by atoms with Crippen molar-refractivity contribution in [3.8, 4) is 0 Å². The number of carbonyl (C=O) groups excluding carboxylic acids is 1. The first-order valence-electron chi connectivity index (χ1n) is 4.40. The van der Waals surface area contributed by atoms with Crippen LogP contribution in [-0.2, 0) is 4.74 Å². The quantitative estimate of drug-likeness (QED) is 0.463. The highest BCUT2D eigenvalue weighted by Crippen LogP contribution is 2.09. The molecule has 0 saturated carbocycles. The van der Waals surface area contributed by atoms with Gasteiger partial charge in [0.25, 0.3) is 0 Å². The number of alkyl carbamates (subject to hydrolysis) is 1. The van der Waals surface area contributed by atoms with Crippen LogP contribution < -0.4 is 11.1 Å². The lowest BCUT2D eigenvalue weighted by molar-refractivity contribution is 0.0496. The average molecular weight is 201 g/mol.